The van der Waals surface area contributed by atoms with Crippen LogP contribution in [0.25, 0.3) is 0 Å². The van der Waals surface area contributed by atoms with Crippen LogP contribution in [0.2, 0.25) is 0 Å². The smallest absolute Gasteiger partial charge is 0.335 e. The summed E-state index contributed by atoms with van der Waals surface area (Å²) in [6.45, 7) is 1.94. The monoisotopic (exact) mass is 265 g/mol. The van der Waals surface area contributed by atoms with Gasteiger partial charge >= 0.3 is 5.97 Å². The summed E-state index contributed by atoms with van der Waals surface area (Å²) in [7, 11) is 0. The molecule has 0 bridgehead atoms. The molecule has 0 spiro atoms. The van der Waals surface area contributed by atoms with Crippen molar-refractivity contribution in [3.05, 3.63) is 35.6 Å². The summed E-state index contributed by atoms with van der Waals surface area (Å²) in [5.74, 6) is 0.686. The first-order chi connectivity index (χ1) is 8.69. The fourth-order valence-corrected chi connectivity index (χ4v) is 1.98. The summed E-state index contributed by atoms with van der Waals surface area (Å²) >= 11 is 1.36. The first kappa shape index (κ1) is 12.6. The molecule has 2 aromatic heterocycles. The van der Waals surface area contributed by atoms with E-state index in [4.69, 9.17) is 9.63 Å². The van der Waals surface area contributed by atoms with Crippen molar-refractivity contribution in [3.8, 4) is 0 Å². The van der Waals surface area contributed by atoms with Gasteiger partial charge in [-0.25, -0.2) is 9.78 Å². The Labute approximate surface area is 107 Å². The summed E-state index contributed by atoms with van der Waals surface area (Å²) in [6, 6.07) is 2.97. The number of thioether (sulfide) groups is 1. The summed E-state index contributed by atoms with van der Waals surface area (Å²) in [6.07, 6.45) is 2.19. The van der Waals surface area contributed by atoms with Crippen LogP contribution in [0.1, 0.15) is 29.0 Å². The number of pyridine rings is 1. The van der Waals surface area contributed by atoms with Crippen LogP contribution in [-0.2, 0) is 12.2 Å². The normalized spacial score (nSPS) is 10.5. The molecule has 94 valence electrons. The maximum absolute atomic E-state index is 10.8. The van der Waals surface area contributed by atoms with Gasteiger partial charge in [-0.3, -0.25) is 0 Å². The number of rotatable bonds is 5. The molecule has 0 aromatic carbocycles. The molecule has 18 heavy (non-hydrogen) atoms. The standard InChI is InChI=1S/C11H11N3O3S/c1-2-8-13-9(17-14-8)6-18-10-5-7(11(15)16)3-4-12-10/h3-5H,2,6H2,1H3,(H,15,16). The van der Waals surface area contributed by atoms with Crippen LogP contribution < -0.4 is 0 Å². The average Bonchev–Trinajstić information content (AvgIpc) is 2.84. The third-order valence-electron chi connectivity index (χ3n) is 2.15. The fraction of sp³-hybridized carbons (Fsp3) is 0.273. The number of hydrogen-bond donors (Lipinski definition) is 1. The van der Waals surface area contributed by atoms with E-state index in [1.165, 1.54) is 30.1 Å². The van der Waals surface area contributed by atoms with E-state index in [1.54, 1.807) is 0 Å². The largest absolute Gasteiger partial charge is 0.478 e. The van der Waals surface area contributed by atoms with Gasteiger partial charge < -0.3 is 9.63 Å². The van der Waals surface area contributed by atoms with Crippen molar-refractivity contribution in [2.24, 2.45) is 0 Å². The first-order valence-corrected chi connectivity index (χ1v) is 6.31. The second kappa shape index (κ2) is 5.63. The third kappa shape index (κ3) is 3.07. The molecule has 0 fully saturated rings. The van der Waals surface area contributed by atoms with Gasteiger partial charge in [0.2, 0.25) is 5.89 Å². The van der Waals surface area contributed by atoms with Crippen LogP contribution in [0.3, 0.4) is 0 Å². The van der Waals surface area contributed by atoms with E-state index in [2.05, 4.69) is 15.1 Å². The molecule has 0 aliphatic heterocycles. The minimum Gasteiger partial charge on any atom is -0.478 e. The van der Waals surface area contributed by atoms with Crippen LogP contribution in [0.5, 0.6) is 0 Å². The second-order valence-corrected chi connectivity index (χ2v) is 4.43. The van der Waals surface area contributed by atoms with Crippen LogP contribution in [0, 0.1) is 0 Å². The van der Waals surface area contributed by atoms with Crippen molar-refractivity contribution in [2.45, 2.75) is 24.1 Å². The topological polar surface area (TPSA) is 89.1 Å². The molecule has 2 aromatic rings. The van der Waals surface area contributed by atoms with Crippen LogP contribution in [0.15, 0.2) is 27.9 Å². The lowest BCUT2D eigenvalue weighted by Gasteiger charge is -1.98. The Morgan fingerprint density at radius 3 is 3.06 bits per heavy atom. The van der Waals surface area contributed by atoms with E-state index in [-0.39, 0.29) is 5.56 Å². The van der Waals surface area contributed by atoms with Gasteiger partial charge in [-0.15, -0.1) is 0 Å². The zero-order valence-electron chi connectivity index (χ0n) is 9.66. The van der Waals surface area contributed by atoms with E-state index in [1.807, 2.05) is 6.92 Å². The fourth-order valence-electron chi connectivity index (χ4n) is 1.25. The summed E-state index contributed by atoms with van der Waals surface area (Å²) in [5, 5.41) is 13.2. The van der Waals surface area contributed by atoms with E-state index in [0.717, 1.165) is 6.42 Å². The highest BCUT2D eigenvalue weighted by atomic mass is 32.2. The van der Waals surface area contributed by atoms with Crippen LogP contribution in [-0.4, -0.2) is 26.2 Å². The first-order valence-electron chi connectivity index (χ1n) is 5.32. The number of carbonyl (C=O) groups is 1. The highest BCUT2D eigenvalue weighted by molar-refractivity contribution is 7.98. The molecule has 1 N–H and O–H groups in total. The van der Waals surface area contributed by atoms with Crippen molar-refractivity contribution in [2.75, 3.05) is 0 Å². The number of hydrogen-bond acceptors (Lipinski definition) is 6. The Morgan fingerprint density at radius 1 is 1.56 bits per heavy atom. The Morgan fingerprint density at radius 2 is 2.39 bits per heavy atom. The number of carboxylic acid groups (broad SMARTS) is 1. The van der Waals surface area contributed by atoms with Crippen LogP contribution in [0.4, 0.5) is 0 Å². The lowest BCUT2D eigenvalue weighted by molar-refractivity contribution is 0.0696. The summed E-state index contributed by atoms with van der Waals surface area (Å²) in [4.78, 5) is 19.0. The van der Waals surface area contributed by atoms with Crippen LogP contribution >= 0.6 is 11.8 Å². The number of aromatic carboxylic acids is 1. The lowest BCUT2D eigenvalue weighted by Crippen LogP contribution is -1.96. The molecule has 0 amide bonds. The number of nitrogens with zero attached hydrogens (tertiary/aromatic N) is 3. The zero-order chi connectivity index (χ0) is 13.0. The van der Waals surface area contributed by atoms with Gasteiger partial charge in [0.15, 0.2) is 5.82 Å². The number of aryl methyl sites for hydroxylation is 1. The van der Waals surface area contributed by atoms with E-state index in [0.29, 0.717) is 22.5 Å². The number of carboxylic acids is 1. The molecule has 2 heterocycles. The highest BCUT2D eigenvalue weighted by Gasteiger charge is 2.08. The molecule has 0 saturated heterocycles. The van der Waals surface area contributed by atoms with E-state index >= 15 is 0 Å². The van der Waals surface area contributed by atoms with Gasteiger partial charge in [0.05, 0.1) is 16.3 Å². The molecule has 6 nitrogen and oxygen atoms in total. The maximum Gasteiger partial charge on any atom is 0.335 e. The molecule has 2 rings (SSSR count). The van der Waals surface area contributed by atoms with E-state index < -0.39 is 5.97 Å². The molecule has 7 heteroatoms. The van der Waals surface area contributed by atoms with Crippen molar-refractivity contribution in [1.29, 1.82) is 0 Å². The molecule has 0 aliphatic rings. The second-order valence-electron chi connectivity index (χ2n) is 3.43. The Kier molecular flexibility index (Phi) is 3.93. The van der Waals surface area contributed by atoms with Gasteiger partial charge in [0.1, 0.15) is 0 Å². The Bertz CT molecular complexity index is 556. The summed E-state index contributed by atoms with van der Waals surface area (Å²) in [5.41, 5.74) is 0.215. The maximum atomic E-state index is 10.8. The predicted molar refractivity (Wildman–Crippen MR) is 64.4 cm³/mol. The minimum absolute atomic E-state index is 0.215. The number of aromatic nitrogens is 3. The molecule has 0 atom stereocenters. The molecule has 0 radical (unpaired) electrons. The molecular formula is C11H11N3O3S. The Hall–Kier alpha value is -1.89. The van der Waals surface area contributed by atoms with Gasteiger partial charge in [0, 0.05) is 12.6 Å². The Balaban J connectivity index is 2.01. The van der Waals surface area contributed by atoms with Gasteiger partial charge in [-0.05, 0) is 12.1 Å². The van der Waals surface area contributed by atoms with Crippen molar-refractivity contribution >= 4 is 17.7 Å². The third-order valence-corrected chi connectivity index (χ3v) is 3.06. The molecular weight excluding hydrogens is 254 g/mol. The molecule has 0 aliphatic carbocycles. The van der Waals surface area contributed by atoms with Gasteiger partial charge in [-0.2, -0.15) is 4.98 Å². The lowest BCUT2D eigenvalue weighted by atomic mass is 10.3. The SMILES string of the molecule is CCc1noc(CSc2cc(C(=O)O)ccn2)n1. The van der Waals surface area contributed by atoms with E-state index in [9.17, 15) is 4.79 Å². The molecule has 0 unspecified atom stereocenters. The quantitative estimate of drug-likeness (QED) is 0.827. The van der Waals surface area contributed by atoms with Crippen molar-refractivity contribution in [3.63, 3.8) is 0 Å². The van der Waals surface area contributed by atoms with Gasteiger partial charge in [0.25, 0.3) is 0 Å². The zero-order valence-corrected chi connectivity index (χ0v) is 10.5. The minimum atomic E-state index is -0.967. The predicted octanol–water partition coefficient (Wildman–Crippen LogP) is 2.02. The highest BCUT2D eigenvalue weighted by Crippen LogP contribution is 2.20. The van der Waals surface area contributed by atoms with Crippen molar-refractivity contribution < 1.29 is 14.4 Å². The molecule has 0 saturated carbocycles. The average molecular weight is 265 g/mol. The summed E-state index contributed by atoms with van der Waals surface area (Å²) < 4.78 is 5.03. The van der Waals surface area contributed by atoms with Gasteiger partial charge in [-0.1, -0.05) is 23.8 Å². The van der Waals surface area contributed by atoms with Crippen molar-refractivity contribution in [1.82, 2.24) is 15.1 Å².